The van der Waals surface area contributed by atoms with E-state index in [1.807, 2.05) is 50.4 Å². The van der Waals surface area contributed by atoms with Gasteiger partial charge >= 0.3 is 0 Å². The van der Waals surface area contributed by atoms with E-state index < -0.39 is 5.91 Å². The summed E-state index contributed by atoms with van der Waals surface area (Å²) in [6, 6.07) is 13.4. The number of anilines is 2. The first-order valence-corrected chi connectivity index (χ1v) is 9.82. The number of ether oxygens (including phenoxy) is 1. The van der Waals surface area contributed by atoms with Crippen molar-refractivity contribution >= 4 is 28.9 Å². The van der Waals surface area contributed by atoms with Crippen molar-refractivity contribution in [1.29, 1.82) is 5.26 Å². The first-order valence-electron chi connectivity index (χ1n) is 9.82. The molecule has 154 valence electrons. The lowest BCUT2D eigenvalue weighted by Crippen LogP contribution is -2.42. The molecule has 0 saturated carbocycles. The Morgan fingerprint density at radius 3 is 2.60 bits per heavy atom. The molecule has 1 heterocycles. The van der Waals surface area contributed by atoms with Gasteiger partial charge in [-0.2, -0.15) is 5.26 Å². The molecule has 0 radical (unpaired) electrons. The molecule has 0 spiro atoms. The van der Waals surface area contributed by atoms with Gasteiger partial charge in [-0.25, -0.2) is 0 Å². The number of nitrogens with one attached hydrogen (secondary N) is 1. The number of nitriles is 1. The van der Waals surface area contributed by atoms with Gasteiger partial charge in [0.05, 0.1) is 12.6 Å². The van der Waals surface area contributed by atoms with E-state index in [2.05, 4.69) is 37.1 Å². The highest BCUT2D eigenvalue weighted by atomic mass is 16.5. The van der Waals surface area contributed by atoms with Crippen LogP contribution in [0.3, 0.4) is 0 Å². The maximum Gasteiger partial charge on any atom is 0.266 e. The van der Waals surface area contributed by atoms with Gasteiger partial charge in [0.1, 0.15) is 17.4 Å². The number of amides is 1. The Labute approximate surface area is 178 Å². The fourth-order valence-electron chi connectivity index (χ4n) is 3.71. The lowest BCUT2D eigenvalue weighted by molar-refractivity contribution is -0.112. The number of rotatable bonds is 4. The molecule has 0 atom stereocenters. The Hall–Kier alpha value is -3.52. The van der Waals surface area contributed by atoms with Crippen molar-refractivity contribution in [2.24, 2.45) is 0 Å². The highest BCUT2D eigenvalue weighted by molar-refractivity contribution is 6.10. The number of allylic oxidation sites excluding steroid dienone is 1. The number of hydrogen-bond acceptors (Lipinski definition) is 4. The minimum Gasteiger partial charge on any atom is -0.496 e. The minimum atomic E-state index is -0.451. The SMILES string of the molecule is COc1cc2c(cc1/C=C(\C#N)C(=O)Nc1cccc(C)c1)C(C)=CC(C)(C)N2C. The number of nitrogens with zero attached hydrogens (tertiary/aromatic N) is 2. The number of carbonyl (C=O) groups excluding carboxylic acids is 1. The van der Waals surface area contributed by atoms with Crippen molar-refractivity contribution in [3.63, 3.8) is 0 Å². The maximum absolute atomic E-state index is 12.7. The average Bonchev–Trinajstić information content (AvgIpc) is 2.69. The summed E-state index contributed by atoms with van der Waals surface area (Å²) in [5.74, 6) is 0.163. The van der Waals surface area contributed by atoms with E-state index in [-0.39, 0.29) is 11.1 Å². The summed E-state index contributed by atoms with van der Waals surface area (Å²) in [7, 11) is 3.64. The molecule has 0 unspecified atom stereocenters. The largest absolute Gasteiger partial charge is 0.496 e. The Kier molecular flexibility index (Phi) is 5.71. The minimum absolute atomic E-state index is 0.0147. The van der Waals surface area contributed by atoms with Crippen molar-refractivity contribution in [1.82, 2.24) is 0 Å². The molecule has 30 heavy (non-hydrogen) atoms. The van der Waals surface area contributed by atoms with Crippen molar-refractivity contribution in [2.75, 3.05) is 24.4 Å². The van der Waals surface area contributed by atoms with Crippen LogP contribution in [0.4, 0.5) is 11.4 Å². The molecule has 1 aliphatic rings. The van der Waals surface area contributed by atoms with Gasteiger partial charge in [0.25, 0.3) is 5.91 Å². The van der Waals surface area contributed by atoms with Crippen LogP contribution in [-0.4, -0.2) is 25.6 Å². The standard InChI is InChI=1S/C25H27N3O2/c1-16-8-7-9-20(10-16)27-24(29)19(15-26)11-18-12-21-17(2)14-25(3,4)28(5)22(21)13-23(18)30-6/h7-14H,1-6H3,(H,27,29)/b19-11+. The van der Waals surface area contributed by atoms with Crippen LogP contribution in [0.1, 0.15) is 37.5 Å². The average molecular weight is 402 g/mol. The highest BCUT2D eigenvalue weighted by Gasteiger charge is 2.29. The van der Waals surface area contributed by atoms with Crippen LogP contribution in [0.2, 0.25) is 0 Å². The Morgan fingerprint density at radius 2 is 1.97 bits per heavy atom. The van der Waals surface area contributed by atoms with Crippen LogP contribution < -0.4 is 15.0 Å². The number of methoxy groups -OCH3 is 1. The lowest BCUT2D eigenvalue weighted by atomic mass is 9.88. The molecule has 0 fully saturated rings. The number of hydrogen-bond donors (Lipinski definition) is 1. The van der Waals surface area contributed by atoms with E-state index in [4.69, 9.17) is 4.74 Å². The molecule has 2 aromatic rings. The monoisotopic (exact) mass is 401 g/mol. The molecule has 0 saturated heterocycles. The third kappa shape index (κ3) is 4.08. The number of likely N-dealkylation sites (N-methyl/N-ethyl adjacent to an activating group) is 1. The summed E-state index contributed by atoms with van der Waals surface area (Å²) in [5, 5.41) is 12.4. The summed E-state index contributed by atoms with van der Waals surface area (Å²) >= 11 is 0. The van der Waals surface area contributed by atoms with Crippen LogP contribution in [-0.2, 0) is 4.79 Å². The molecule has 5 heteroatoms. The summed E-state index contributed by atoms with van der Waals surface area (Å²) in [6.07, 6.45) is 3.79. The van der Waals surface area contributed by atoms with Gasteiger partial charge in [-0.3, -0.25) is 4.79 Å². The van der Waals surface area contributed by atoms with Gasteiger partial charge in [-0.1, -0.05) is 18.2 Å². The topological polar surface area (TPSA) is 65.4 Å². The third-order valence-electron chi connectivity index (χ3n) is 5.51. The molecule has 0 bridgehead atoms. The van der Waals surface area contributed by atoms with Crippen LogP contribution in [0.5, 0.6) is 5.75 Å². The van der Waals surface area contributed by atoms with E-state index >= 15 is 0 Å². The second-order valence-electron chi connectivity index (χ2n) is 8.14. The zero-order chi connectivity index (χ0) is 22.1. The third-order valence-corrected chi connectivity index (χ3v) is 5.51. The summed E-state index contributed by atoms with van der Waals surface area (Å²) < 4.78 is 5.59. The molecule has 1 N–H and O–H groups in total. The molecular weight excluding hydrogens is 374 g/mol. The van der Waals surface area contributed by atoms with E-state index in [1.165, 1.54) is 0 Å². The van der Waals surface area contributed by atoms with Crippen molar-refractivity contribution in [3.8, 4) is 11.8 Å². The van der Waals surface area contributed by atoms with Gasteiger partial charge in [0.15, 0.2) is 0 Å². The Balaban J connectivity index is 2.02. The van der Waals surface area contributed by atoms with E-state index in [9.17, 15) is 10.1 Å². The number of aryl methyl sites for hydroxylation is 1. The fraction of sp³-hybridized carbons (Fsp3) is 0.280. The molecule has 0 aliphatic carbocycles. The fourth-order valence-corrected chi connectivity index (χ4v) is 3.71. The summed E-state index contributed by atoms with van der Waals surface area (Å²) in [5.41, 5.74) is 5.52. The van der Waals surface area contributed by atoms with Crippen molar-refractivity contribution < 1.29 is 9.53 Å². The van der Waals surface area contributed by atoms with Gasteiger partial charge in [0, 0.05) is 35.6 Å². The molecule has 1 aliphatic heterocycles. The quantitative estimate of drug-likeness (QED) is 0.566. The summed E-state index contributed by atoms with van der Waals surface area (Å²) in [6.45, 7) is 8.33. The molecule has 2 aromatic carbocycles. The lowest BCUT2D eigenvalue weighted by Gasteiger charge is -2.41. The van der Waals surface area contributed by atoms with Gasteiger partial charge in [0.2, 0.25) is 0 Å². The van der Waals surface area contributed by atoms with Crippen molar-refractivity contribution in [3.05, 3.63) is 64.7 Å². The Morgan fingerprint density at radius 1 is 1.23 bits per heavy atom. The van der Waals surface area contributed by atoms with Gasteiger partial charge in [-0.05, 0) is 63.1 Å². The molecule has 5 nitrogen and oxygen atoms in total. The first kappa shape index (κ1) is 21.2. The van der Waals surface area contributed by atoms with E-state index in [0.29, 0.717) is 17.0 Å². The van der Waals surface area contributed by atoms with Gasteiger partial charge in [-0.15, -0.1) is 0 Å². The van der Waals surface area contributed by atoms with Crippen LogP contribution in [0.15, 0.2) is 48.0 Å². The number of benzene rings is 2. The van der Waals surface area contributed by atoms with Crippen LogP contribution in [0, 0.1) is 18.3 Å². The smallest absolute Gasteiger partial charge is 0.266 e. The van der Waals surface area contributed by atoms with Crippen LogP contribution >= 0.6 is 0 Å². The molecular formula is C25H27N3O2. The number of carbonyl (C=O) groups is 1. The number of fused-ring (bicyclic) bond motifs is 1. The van der Waals surface area contributed by atoms with Gasteiger partial charge < -0.3 is 15.0 Å². The predicted octanol–water partition coefficient (Wildman–Crippen LogP) is 5.18. The second kappa shape index (κ2) is 8.08. The van der Waals surface area contributed by atoms with Crippen LogP contribution in [0.25, 0.3) is 11.6 Å². The zero-order valence-electron chi connectivity index (χ0n) is 18.3. The second-order valence-corrected chi connectivity index (χ2v) is 8.14. The maximum atomic E-state index is 12.7. The van der Waals surface area contributed by atoms with Crippen molar-refractivity contribution in [2.45, 2.75) is 33.2 Å². The highest BCUT2D eigenvalue weighted by Crippen LogP contribution is 2.41. The molecule has 3 rings (SSSR count). The van der Waals surface area contributed by atoms with E-state index in [0.717, 1.165) is 22.4 Å². The summed E-state index contributed by atoms with van der Waals surface area (Å²) in [4.78, 5) is 14.9. The van der Waals surface area contributed by atoms with E-state index in [1.54, 1.807) is 19.3 Å². The Bertz CT molecular complexity index is 1100. The molecule has 0 aromatic heterocycles. The predicted molar refractivity (Wildman–Crippen MR) is 123 cm³/mol. The normalized spacial score (nSPS) is 15.0. The first-order chi connectivity index (χ1) is 14.2. The molecule has 1 amide bonds. The zero-order valence-corrected chi connectivity index (χ0v) is 18.3.